The Bertz CT molecular complexity index is 689. The van der Waals surface area contributed by atoms with E-state index in [1.165, 1.54) is 29.2 Å². The lowest BCUT2D eigenvalue weighted by molar-refractivity contribution is 0.0583. The maximum Gasteiger partial charge on any atom is 0.407 e. The first-order chi connectivity index (χ1) is 12.0. The van der Waals surface area contributed by atoms with E-state index in [-0.39, 0.29) is 23.7 Å². The molecule has 0 unspecified atom stereocenters. The molecule has 3 rings (SSSR count). The minimum absolute atomic E-state index is 0.0232. The summed E-state index contributed by atoms with van der Waals surface area (Å²) in [5, 5.41) is 9.20. The van der Waals surface area contributed by atoms with Gasteiger partial charge in [-0.3, -0.25) is 4.90 Å². The van der Waals surface area contributed by atoms with Gasteiger partial charge in [0, 0.05) is 25.7 Å². The number of halogens is 2. The van der Waals surface area contributed by atoms with Gasteiger partial charge in [0.05, 0.1) is 6.04 Å². The van der Waals surface area contributed by atoms with Gasteiger partial charge >= 0.3 is 6.09 Å². The summed E-state index contributed by atoms with van der Waals surface area (Å²) in [7, 11) is 0. The normalized spacial score (nSPS) is 18.6. The Morgan fingerprint density at radius 1 is 1.00 bits per heavy atom. The van der Waals surface area contributed by atoms with E-state index in [4.69, 9.17) is 0 Å². The summed E-state index contributed by atoms with van der Waals surface area (Å²) < 4.78 is 26.7. The molecule has 1 amide bonds. The van der Waals surface area contributed by atoms with Crippen LogP contribution in [0, 0.1) is 11.6 Å². The van der Waals surface area contributed by atoms with Crippen LogP contribution in [0.1, 0.15) is 24.1 Å². The number of nitrogens with zero attached hydrogens (tertiary/aromatic N) is 2. The average Bonchev–Trinajstić information content (AvgIpc) is 2.59. The highest BCUT2D eigenvalue weighted by Gasteiger charge is 2.32. The summed E-state index contributed by atoms with van der Waals surface area (Å²) in [6.45, 7) is 3.31. The van der Waals surface area contributed by atoms with Gasteiger partial charge in [0.1, 0.15) is 11.6 Å². The number of hydrogen-bond donors (Lipinski definition) is 1. The van der Waals surface area contributed by atoms with Crippen LogP contribution < -0.4 is 0 Å². The molecular formula is C19H20F2N2O2. The van der Waals surface area contributed by atoms with Crippen LogP contribution in [0.5, 0.6) is 0 Å². The lowest BCUT2D eigenvalue weighted by atomic mass is 9.94. The summed E-state index contributed by atoms with van der Waals surface area (Å²) >= 11 is 0. The third-order valence-corrected chi connectivity index (χ3v) is 4.65. The topological polar surface area (TPSA) is 43.8 Å². The number of carboxylic acid groups (broad SMARTS) is 1. The first-order valence-electron chi connectivity index (χ1n) is 8.20. The second kappa shape index (κ2) is 7.19. The molecule has 0 aromatic heterocycles. The molecule has 2 aromatic rings. The van der Waals surface area contributed by atoms with Gasteiger partial charge in [-0.1, -0.05) is 24.3 Å². The molecule has 1 heterocycles. The van der Waals surface area contributed by atoms with E-state index in [2.05, 4.69) is 4.90 Å². The maximum atomic E-state index is 13.3. The number of rotatable bonds is 3. The molecule has 0 spiro atoms. The average molecular weight is 346 g/mol. The van der Waals surface area contributed by atoms with Gasteiger partial charge in [-0.15, -0.1) is 0 Å². The molecule has 0 aliphatic carbocycles. The second-order valence-corrected chi connectivity index (χ2v) is 6.32. The third-order valence-electron chi connectivity index (χ3n) is 4.65. The Balaban J connectivity index is 1.95. The van der Waals surface area contributed by atoms with Crippen LogP contribution in [-0.2, 0) is 0 Å². The van der Waals surface area contributed by atoms with Crippen molar-refractivity contribution in [1.29, 1.82) is 0 Å². The van der Waals surface area contributed by atoms with E-state index in [0.717, 1.165) is 11.1 Å². The van der Waals surface area contributed by atoms with Gasteiger partial charge in [0.25, 0.3) is 0 Å². The highest BCUT2D eigenvalue weighted by Crippen LogP contribution is 2.32. The maximum absolute atomic E-state index is 13.3. The molecular weight excluding hydrogens is 326 g/mol. The number of hydrogen-bond acceptors (Lipinski definition) is 2. The van der Waals surface area contributed by atoms with Crippen molar-refractivity contribution in [2.45, 2.75) is 19.0 Å². The van der Waals surface area contributed by atoms with Gasteiger partial charge in [0.15, 0.2) is 0 Å². The first kappa shape index (κ1) is 17.4. The van der Waals surface area contributed by atoms with E-state index in [1.807, 2.05) is 6.92 Å². The third kappa shape index (κ3) is 3.79. The molecule has 1 atom stereocenters. The predicted molar refractivity (Wildman–Crippen MR) is 90.4 cm³/mol. The Morgan fingerprint density at radius 3 is 1.88 bits per heavy atom. The standard InChI is InChI=1S/C19H20F2N2O2/c1-13-12-22(19(24)25)10-11-23(13)18(14-2-6-16(20)7-3-14)15-4-8-17(21)9-5-15/h2-9,13,18H,10-12H2,1H3,(H,24,25)/t13-/m1/s1. The van der Waals surface area contributed by atoms with Gasteiger partial charge in [-0.2, -0.15) is 0 Å². The molecule has 1 aliphatic heterocycles. The smallest absolute Gasteiger partial charge is 0.407 e. The molecule has 2 aromatic carbocycles. The quantitative estimate of drug-likeness (QED) is 0.921. The fraction of sp³-hybridized carbons (Fsp3) is 0.316. The zero-order valence-electron chi connectivity index (χ0n) is 13.9. The monoisotopic (exact) mass is 346 g/mol. The van der Waals surface area contributed by atoms with Crippen LogP contribution in [0.4, 0.5) is 13.6 Å². The summed E-state index contributed by atoms with van der Waals surface area (Å²) in [4.78, 5) is 14.8. The first-order valence-corrected chi connectivity index (χ1v) is 8.20. The predicted octanol–water partition coefficient (Wildman–Crippen LogP) is 3.74. The molecule has 0 radical (unpaired) electrons. The van der Waals surface area contributed by atoms with E-state index < -0.39 is 6.09 Å². The SMILES string of the molecule is C[C@@H]1CN(C(=O)O)CCN1C(c1ccc(F)cc1)c1ccc(F)cc1. The highest BCUT2D eigenvalue weighted by molar-refractivity contribution is 5.65. The molecule has 6 heteroatoms. The van der Waals surface area contributed by atoms with Gasteiger partial charge < -0.3 is 10.0 Å². The lowest BCUT2D eigenvalue weighted by Crippen LogP contribution is -2.54. The van der Waals surface area contributed by atoms with Crippen molar-refractivity contribution in [3.05, 3.63) is 71.3 Å². The van der Waals surface area contributed by atoms with Crippen molar-refractivity contribution in [2.24, 2.45) is 0 Å². The Kier molecular flexibility index (Phi) is 4.99. The molecule has 1 saturated heterocycles. The Hall–Kier alpha value is -2.47. The minimum Gasteiger partial charge on any atom is -0.465 e. The molecule has 1 fully saturated rings. The molecule has 1 N–H and O–H groups in total. The summed E-state index contributed by atoms with van der Waals surface area (Å²) in [5.74, 6) is -0.629. The van der Waals surface area contributed by atoms with Crippen molar-refractivity contribution < 1.29 is 18.7 Å². The van der Waals surface area contributed by atoms with Gasteiger partial charge in [-0.05, 0) is 42.3 Å². The number of carbonyl (C=O) groups is 1. The number of amides is 1. The largest absolute Gasteiger partial charge is 0.465 e. The van der Waals surface area contributed by atoms with Crippen molar-refractivity contribution >= 4 is 6.09 Å². The van der Waals surface area contributed by atoms with Crippen LogP contribution in [-0.4, -0.2) is 46.7 Å². The van der Waals surface area contributed by atoms with Crippen LogP contribution in [0.15, 0.2) is 48.5 Å². The van der Waals surface area contributed by atoms with Crippen molar-refractivity contribution in [3.8, 4) is 0 Å². The van der Waals surface area contributed by atoms with Gasteiger partial charge in [0.2, 0.25) is 0 Å². The zero-order chi connectivity index (χ0) is 18.0. The van der Waals surface area contributed by atoms with Crippen molar-refractivity contribution in [2.75, 3.05) is 19.6 Å². The zero-order valence-corrected chi connectivity index (χ0v) is 13.9. The molecule has 0 bridgehead atoms. The van der Waals surface area contributed by atoms with E-state index in [0.29, 0.717) is 19.6 Å². The fourth-order valence-electron chi connectivity index (χ4n) is 3.39. The number of benzene rings is 2. The van der Waals surface area contributed by atoms with E-state index in [9.17, 15) is 18.7 Å². The van der Waals surface area contributed by atoms with Gasteiger partial charge in [-0.25, -0.2) is 13.6 Å². The minimum atomic E-state index is -0.924. The van der Waals surface area contributed by atoms with Crippen LogP contribution in [0.2, 0.25) is 0 Å². The molecule has 25 heavy (non-hydrogen) atoms. The van der Waals surface area contributed by atoms with Crippen LogP contribution >= 0.6 is 0 Å². The highest BCUT2D eigenvalue weighted by atomic mass is 19.1. The Labute approximate surface area is 145 Å². The van der Waals surface area contributed by atoms with Crippen molar-refractivity contribution in [3.63, 3.8) is 0 Å². The fourth-order valence-corrected chi connectivity index (χ4v) is 3.39. The second-order valence-electron chi connectivity index (χ2n) is 6.32. The summed E-state index contributed by atoms with van der Waals surface area (Å²) in [5.41, 5.74) is 1.78. The summed E-state index contributed by atoms with van der Waals surface area (Å²) in [6.07, 6.45) is -0.924. The molecule has 132 valence electrons. The van der Waals surface area contributed by atoms with Crippen LogP contribution in [0.25, 0.3) is 0 Å². The van der Waals surface area contributed by atoms with Crippen LogP contribution in [0.3, 0.4) is 0 Å². The number of piperazine rings is 1. The molecule has 0 saturated carbocycles. The van der Waals surface area contributed by atoms with E-state index in [1.54, 1.807) is 24.3 Å². The van der Waals surface area contributed by atoms with Crippen molar-refractivity contribution in [1.82, 2.24) is 9.80 Å². The Morgan fingerprint density at radius 2 is 1.48 bits per heavy atom. The molecule has 1 aliphatic rings. The van der Waals surface area contributed by atoms with E-state index >= 15 is 0 Å². The molecule has 4 nitrogen and oxygen atoms in total. The lowest BCUT2D eigenvalue weighted by Gasteiger charge is -2.43. The summed E-state index contributed by atoms with van der Waals surface area (Å²) in [6, 6.07) is 12.3.